The van der Waals surface area contributed by atoms with Gasteiger partial charge in [0, 0.05) is 24.3 Å². The monoisotopic (exact) mass is 414 g/mol. The predicted molar refractivity (Wildman–Crippen MR) is 121 cm³/mol. The van der Waals surface area contributed by atoms with E-state index in [4.69, 9.17) is 4.74 Å². The van der Waals surface area contributed by atoms with Gasteiger partial charge in [0.15, 0.2) is 6.61 Å². The van der Waals surface area contributed by atoms with Crippen LogP contribution in [0.5, 0.6) is 5.75 Å². The van der Waals surface area contributed by atoms with Gasteiger partial charge in [-0.15, -0.1) is 0 Å². The van der Waals surface area contributed by atoms with Crippen molar-refractivity contribution in [3.05, 3.63) is 94.5 Å². The van der Waals surface area contributed by atoms with Gasteiger partial charge in [-0.1, -0.05) is 30.3 Å². The molecule has 0 saturated heterocycles. The molecule has 158 valence electrons. The van der Waals surface area contributed by atoms with Crippen LogP contribution in [0.2, 0.25) is 0 Å². The fourth-order valence-electron chi connectivity index (χ4n) is 3.72. The predicted octanol–water partition coefficient (Wildman–Crippen LogP) is 4.52. The molecule has 0 aromatic heterocycles. The van der Waals surface area contributed by atoms with Gasteiger partial charge in [0.1, 0.15) is 5.75 Å². The normalized spacial score (nSPS) is 12.8. The van der Waals surface area contributed by atoms with Crippen molar-refractivity contribution in [2.45, 2.75) is 26.8 Å². The smallest absolute Gasteiger partial charge is 0.262 e. The largest absolute Gasteiger partial charge is 0.484 e. The number of anilines is 1. The Bertz CT molecular complexity index is 1110. The Morgan fingerprint density at radius 2 is 1.74 bits per heavy atom. The first-order valence-electron chi connectivity index (χ1n) is 10.5. The Kier molecular flexibility index (Phi) is 6.03. The van der Waals surface area contributed by atoms with Gasteiger partial charge in [-0.25, -0.2) is 0 Å². The van der Waals surface area contributed by atoms with Crippen LogP contribution in [-0.4, -0.2) is 29.9 Å². The number of carbonyl (C=O) groups excluding carboxylic acids is 2. The van der Waals surface area contributed by atoms with Crippen LogP contribution in [0.1, 0.15) is 32.6 Å². The second-order valence-electron chi connectivity index (χ2n) is 7.91. The molecule has 5 nitrogen and oxygen atoms in total. The molecule has 1 heterocycles. The number of aryl methyl sites for hydroxylation is 2. The third kappa shape index (κ3) is 4.94. The molecular formula is C26H26N2O3. The molecule has 0 spiro atoms. The van der Waals surface area contributed by atoms with Gasteiger partial charge in [-0.2, -0.15) is 0 Å². The van der Waals surface area contributed by atoms with Gasteiger partial charge < -0.3 is 15.0 Å². The fourth-order valence-corrected chi connectivity index (χ4v) is 3.72. The summed E-state index contributed by atoms with van der Waals surface area (Å²) in [7, 11) is 0. The van der Waals surface area contributed by atoms with Crippen molar-refractivity contribution in [3.8, 4) is 5.75 Å². The van der Waals surface area contributed by atoms with Crippen LogP contribution in [0.15, 0.2) is 66.7 Å². The quantitative estimate of drug-likeness (QED) is 0.668. The van der Waals surface area contributed by atoms with Crippen LogP contribution in [0.4, 0.5) is 5.69 Å². The van der Waals surface area contributed by atoms with Gasteiger partial charge in [0.2, 0.25) is 0 Å². The number of ether oxygens (including phenoxy) is 1. The number of nitrogens with zero attached hydrogens (tertiary/aromatic N) is 1. The van der Waals surface area contributed by atoms with Crippen LogP contribution in [0, 0.1) is 13.8 Å². The summed E-state index contributed by atoms with van der Waals surface area (Å²) < 4.78 is 5.62. The lowest BCUT2D eigenvalue weighted by Gasteiger charge is -2.29. The summed E-state index contributed by atoms with van der Waals surface area (Å²) >= 11 is 0. The third-order valence-electron chi connectivity index (χ3n) is 5.66. The summed E-state index contributed by atoms with van der Waals surface area (Å²) in [5.41, 5.74) is 5.98. The average molecular weight is 415 g/mol. The maximum Gasteiger partial charge on any atom is 0.262 e. The fraction of sp³-hybridized carbons (Fsp3) is 0.231. The first-order valence-corrected chi connectivity index (χ1v) is 10.5. The maximum absolute atomic E-state index is 12.8. The zero-order valence-corrected chi connectivity index (χ0v) is 17.9. The molecule has 5 heteroatoms. The Balaban J connectivity index is 1.38. The second-order valence-corrected chi connectivity index (χ2v) is 7.91. The molecule has 1 N–H and O–H groups in total. The van der Waals surface area contributed by atoms with E-state index in [-0.39, 0.29) is 18.4 Å². The minimum atomic E-state index is -0.216. The molecule has 0 atom stereocenters. The minimum Gasteiger partial charge on any atom is -0.484 e. The van der Waals surface area contributed by atoms with Crippen LogP contribution in [0.25, 0.3) is 0 Å². The van der Waals surface area contributed by atoms with E-state index < -0.39 is 0 Å². The number of carbonyl (C=O) groups is 2. The Morgan fingerprint density at radius 1 is 0.935 bits per heavy atom. The van der Waals surface area contributed by atoms with Gasteiger partial charge in [-0.05, 0) is 78.9 Å². The van der Waals surface area contributed by atoms with Crippen molar-refractivity contribution in [3.63, 3.8) is 0 Å². The van der Waals surface area contributed by atoms with Crippen LogP contribution in [0.3, 0.4) is 0 Å². The van der Waals surface area contributed by atoms with E-state index in [1.54, 1.807) is 0 Å². The van der Waals surface area contributed by atoms with E-state index in [1.165, 1.54) is 11.1 Å². The molecule has 0 saturated carbocycles. The molecule has 2 amide bonds. The highest BCUT2D eigenvalue weighted by Gasteiger charge is 2.22. The molecule has 0 unspecified atom stereocenters. The molecule has 4 rings (SSSR count). The Hall–Kier alpha value is -3.60. The lowest BCUT2D eigenvalue weighted by molar-refractivity contribution is -0.118. The molecule has 1 aliphatic heterocycles. The van der Waals surface area contributed by atoms with Crippen molar-refractivity contribution in [2.24, 2.45) is 0 Å². The summed E-state index contributed by atoms with van der Waals surface area (Å²) in [5.74, 6) is 0.493. The third-order valence-corrected chi connectivity index (χ3v) is 5.66. The highest BCUT2D eigenvalue weighted by molar-refractivity contribution is 5.94. The molecule has 0 fully saturated rings. The number of hydrogen-bond donors (Lipinski definition) is 1. The molecular weight excluding hydrogens is 388 g/mol. The summed E-state index contributed by atoms with van der Waals surface area (Å²) in [6, 6.07) is 21.0. The van der Waals surface area contributed by atoms with Crippen molar-refractivity contribution < 1.29 is 14.3 Å². The van der Waals surface area contributed by atoms with Crippen LogP contribution in [-0.2, 0) is 17.8 Å². The van der Waals surface area contributed by atoms with Gasteiger partial charge in [0.05, 0.1) is 0 Å². The molecule has 0 bridgehead atoms. The standard InChI is InChI=1S/C26H26N2O3/c1-18-8-11-24(14-19(18)2)31-17-25(29)27-23-10-9-20-12-13-28(16-22(20)15-23)26(30)21-6-4-3-5-7-21/h3-11,14-15H,12-13,16-17H2,1-2H3,(H,27,29). The summed E-state index contributed by atoms with van der Waals surface area (Å²) in [4.78, 5) is 27.0. The minimum absolute atomic E-state index is 0.0301. The SMILES string of the molecule is Cc1ccc(OCC(=O)Nc2ccc3c(c2)CN(C(=O)c2ccccc2)CC3)cc1C. The summed E-state index contributed by atoms with van der Waals surface area (Å²) in [5, 5.41) is 2.90. The maximum atomic E-state index is 12.8. The van der Waals surface area contributed by atoms with Crippen molar-refractivity contribution in [1.29, 1.82) is 0 Å². The van der Waals surface area contributed by atoms with Gasteiger partial charge in [0.25, 0.3) is 11.8 Å². The first kappa shape index (κ1) is 20.7. The topological polar surface area (TPSA) is 58.6 Å². The average Bonchev–Trinajstić information content (AvgIpc) is 2.79. The molecule has 3 aromatic carbocycles. The highest BCUT2D eigenvalue weighted by atomic mass is 16.5. The first-order chi connectivity index (χ1) is 15.0. The molecule has 1 aliphatic rings. The zero-order chi connectivity index (χ0) is 21.8. The number of rotatable bonds is 5. The van der Waals surface area contributed by atoms with Crippen molar-refractivity contribution in [1.82, 2.24) is 4.90 Å². The molecule has 3 aromatic rings. The van der Waals surface area contributed by atoms with Gasteiger partial charge >= 0.3 is 0 Å². The number of nitrogens with one attached hydrogen (secondary N) is 1. The van der Waals surface area contributed by atoms with E-state index in [9.17, 15) is 9.59 Å². The highest BCUT2D eigenvalue weighted by Crippen LogP contribution is 2.24. The molecule has 0 radical (unpaired) electrons. The van der Waals surface area contributed by atoms with Crippen LogP contribution < -0.4 is 10.1 Å². The van der Waals surface area contributed by atoms with E-state index in [0.717, 1.165) is 17.5 Å². The zero-order valence-electron chi connectivity index (χ0n) is 17.9. The lowest BCUT2D eigenvalue weighted by Crippen LogP contribution is -2.36. The second kappa shape index (κ2) is 9.04. The molecule has 31 heavy (non-hydrogen) atoms. The van der Waals surface area contributed by atoms with Crippen LogP contribution >= 0.6 is 0 Å². The summed E-state index contributed by atoms with van der Waals surface area (Å²) in [6.45, 7) is 5.22. The van der Waals surface area contributed by atoms with E-state index in [2.05, 4.69) is 5.32 Å². The van der Waals surface area contributed by atoms with E-state index in [1.807, 2.05) is 85.5 Å². The number of amides is 2. The van der Waals surface area contributed by atoms with Gasteiger partial charge in [-0.3, -0.25) is 9.59 Å². The Morgan fingerprint density at radius 3 is 2.52 bits per heavy atom. The van der Waals surface area contributed by atoms with Crippen molar-refractivity contribution >= 4 is 17.5 Å². The van der Waals surface area contributed by atoms with Crippen molar-refractivity contribution in [2.75, 3.05) is 18.5 Å². The number of fused-ring (bicyclic) bond motifs is 1. The van der Waals surface area contributed by atoms with E-state index >= 15 is 0 Å². The number of benzene rings is 3. The molecule has 0 aliphatic carbocycles. The Labute approximate surface area is 182 Å². The number of hydrogen-bond acceptors (Lipinski definition) is 3. The van der Waals surface area contributed by atoms with E-state index in [0.29, 0.717) is 30.1 Å². The lowest BCUT2D eigenvalue weighted by atomic mass is 9.98. The summed E-state index contributed by atoms with van der Waals surface area (Å²) in [6.07, 6.45) is 0.804.